The first-order chi connectivity index (χ1) is 12.9. The fraction of sp³-hybridized carbons (Fsp3) is 0.350. The lowest BCUT2D eigenvalue weighted by molar-refractivity contribution is 0.0599. The lowest BCUT2D eigenvalue weighted by atomic mass is 10.1. The number of hydrogen-bond acceptors (Lipinski definition) is 5. The Kier molecular flexibility index (Phi) is 5.70. The topological polar surface area (TPSA) is 75.7 Å². The summed E-state index contributed by atoms with van der Waals surface area (Å²) in [6.07, 6.45) is 3.63. The summed E-state index contributed by atoms with van der Waals surface area (Å²) in [6, 6.07) is 11.8. The second-order valence-electron chi connectivity index (χ2n) is 6.67. The first-order valence-corrected chi connectivity index (χ1v) is 10.5. The van der Waals surface area contributed by atoms with Gasteiger partial charge in [0.05, 0.1) is 17.6 Å². The van der Waals surface area contributed by atoms with Gasteiger partial charge in [0, 0.05) is 24.5 Å². The fourth-order valence-electron chi connectivity index (χ4n) is 3.20. The Labute approximate surface area is 160 Å². The number of sulfonamides is 1. The zero-order chi connectivity index (χ0) is 19.4. The minimum Gasteiger partial charge on any atom is -0.465 e. The van der Waals surface area contributed by atoms with Crippen LogP contribution in [0.5, 0.6) is 0 Å². The number of piperidine rings is 1. The number of nitrogens with zero attached hydrogens (tertiary/aromatic N) is 1. The maximum atomic E-state index is 12.7. The second kappa shape index (κ2) is 8.00. The highest BCUT2D eigenvalue weighted by Crippen LogP contribution is 2.24. The molecule has 0 bridgehead atoms. The highest BCUT2D eigenvalue weighted by Gasteiger charge is 2.19. The molecule has 0 unspecified atom stereocenters. The molecule has 1 N–H and O–H groups in total. The van der Waals surface area contributed by atoms with Crippen LogP contribution < -0.4 is 9.62 Å². The van der Waals surface area contributed by atoms with Crippen molar-refractivity contribution >= 4 is 27.4 Å². The van der Waals surface area contributed by atoms with E-state index in [0.717, 1.165) is 18.8 Å². The smallest absolute Gasteiger partial charge is 0.338 e. The second-order valence-corrected chi connectivity index (χ2v) is 8.35. The van der Waals surface area contributed by atoms with E-state index in [9.17, 15) is 13.2 Å². The minimum atomic E-state index is -3.80. The first-order valence-electron chi connectivity index (χ1n) is 8.97. The molecular weight excluding hydrogens is 364 g/mol. The Morgan fingerprint density at radius 1 is 1.04 bits per heavy atom. The normalized spacial score (nSPS) is 14.7. The average Bonchev–Trinajstić information content (AvgIpc) is 2.68. The van der Waals surface area contributed by atoms with Crippen LogP contribution in [-0.2, 0) is 14.8 Å². The molecule has 1 aliphatic heterocycles. The van der Waals surface area contributed by atoms with Crippen molar-refractivity contribution in [3.05, 3.63) is 53.6 Å². The van der Waals surface area contributed by atoms with Crippen molar-refractivity contribution in [3.63, 3.8) is 0 Å². The molecule has 0 atom stereocenters. The Bertz CT molecular complexity index is 917. The predicted octanol–water partition coefficient (Wildman–Crippen LogP) is 3.57. The Morgan fingerprint density at radius 2 is 1.70 bits per heavy atom. The van der Waals surface area contributed by atoms with Gasteiger partial charge in [-0.2, -0.15) is 0 Å². The number of aryl methyl sites for hydroxylation is 1. The third-order valence-electron chi connectivity index (χ3n) is 4.77. The molecule has 27 heavy (non-hydrogen) atoms. The molecule has 0 saturated carbocycles. The fourth-order valence-corrected chi connectivity index (χ4v) is 4.29. The summed E-state index contributed by atoms with van der Waals surface area (Å²) in [5.74, 6) is -0.560. The van der Waals surface area contributed by atoms with Gasteiger partial charge in [-0.3, -0.25) is 4.72 Å². The van der Waals surface area contributed by atoms with Crippen molar-refractivity contribution in [2.45, 2.75) is 31.1 Å². The number of ether oxygens (including phenoxy) is 1. The van der Waals surface area contributed by atoms with E-state index >= 15 is 0 Å². The van der Waals surface area contributed by atoms with E-state index in [-0.39, 0.29) is 10.5 Å². The molecule has 7 heteroatoms. The third-order valence-corrected chi connectivity index (χ3v) is 6.14. The van der Waals surface area contributed by atoms with Gasteiger partial charge in [-0.1, -0.05) is 6.07 Å². The number of methoxy groups -OCH3 is 1. The number of hydrogen-bond donors (Lipinski definition) is 1. The maximum absolute atomic E-state index is 12.7. The largest absolute Gasteiger partial charge is 0.465 e. The molecule has 144 valence electrons. The molecule has 0 aromatic heterocycles. The van der Waals surface area contributed by atoms with Gasteiger partial charge >= 0.3 is 5.97 Å². The Hall–Kier alpha value is -2.54. The standard InChI is InChI=1S/C20H24N2O4S/c1-15-6-11-18(14-19(15)20(23)26-2)27(24,25)21-16-7-9-17(10-8-16)22-12-4-3-5-13-22/h6-11,14,21H,3-5,12-13H2,1-2H3. The first kappa shape index (κ1) is 19.2. The van der Waals surface area contributed by atoms with Crippen LogP contribution in [0.1, 0.15) is 35.2 Å². The molecule has 2 aromatic carbocycles. The van der Waals surface area contributed by atoms with E-state index < -0.39 is 16.0 Å². The highest BCUT2D eigenvalue weighted by atomic mass is 32.2. The van der Waals surface area contributed by atoms with Crippen molar-refractivity contribution in [2.24, 2.45) is 0 Å². The highest BCUT2D eigenvalue weighted by molar-refractivity contribution is 7.92. The van der Waals surface area contributed by atoms with E-state index in [1.165, 1.54) is 38.5 Å². The molecule has 1 fully saturated rings. The van der Waals surface area contributed by atoms with Gasteiger partial charge < -0.3 is 9.64 Å². The monoisotopic (exact) mass is 388 g/mol. The molecular formula is C20H24N2O4S. The predicted molar refractivity (Wildman–Crippen MR) is 106 cm³/mol. The van der Waals surface area contributed by atoms with Crippen LogP contribution in [0, 0.1) is 6.92 Å². The maximum Gasteiger partial charge on any atom is 0.338 e. The number of rotatable bonds is 5. The van der Waals surface area contributed by atoms with Crippen molar-refractivity contribution in [1.82, 2.24) is 0 Å². The van der Waals surface area contributed by atoms with E-state index in [0.29, 0.717) is 11.3 Å². The molecule has 2 aromatic rings. The van der Waals surface area contributed by atoms with Gasteiger partial charge in [0.1, 0.15) is 0 Å². The van der Waals surface area contributed by atoms with Crippen molar-refractivity contribution in [1.29, 1.82) is 0 Å². The summed E-state index contributed by atoms with van der Waals surface area (Å²) < 4.78 is 32.7. The zero-order valence-electron chi connectivity index (χ0n) is 15.6. The van der Waals surface area contributed by atoms with Crippen LogP contribution in [0.15, 0.2) is 47.4 Å². The number of carbonyl (C=O) groups excluding carboxylic acids is 1. The third kappa shape index (κ3) is 4.42. The van der Waals surface area contributed by atoms with Gasteiger partial charge in [-0.15, -0.1) is 0 Å². The Balaban J connectivity index is 1.79. The molecule has 1 aliphatic rings. The molecule has 0 radical (unpaired) electrons. The van der Waals surface area contributed by atoms with Crippen LogP contribution in [0.2, 0.25) is 0 Å². The number of nitrogens with one attached hydrogen (secondary N) is 1. The molecule has 0 spiro atoms. The van der Waals surface area contributed by atoms with Crippen molar-refractivity contribution in [3.8, 4) is 0 Å². The van der Waals surface area contributed by atoms with Gasteiger partial charge in [-0.05, 0) is 68.1 Å². The quantitative estimate of drug-likeness (QED) is 0.793. The summed E-state index contributed by atoms with van der Waals surface area (Å²) >= 11 is 0. The van der Waals surface area contributed by atoms with E-state index in [2.05, 4.69) is 9.62 Å². The Morgan fingerprint density at radius 3 is 2.33 bits per heavy atom. The van der Waals surface area contributed by atoms with Crippen LogP contribution in [0.25, 0.3) is 0 Å². The summed E-state index contributed by atoms with van der Waals surface area (Å²) in [6.45, 7) is 3.80. The number of benzene rings is 2. The summed E-state index contributed by atoms with van der Waals surface area (Å²) in [4.78, 5) is 14.1. The van der Waals surface area contributed by atoms with Crippen LogP contribution >= 0.6 is 0 Å². The average molecular weight is 388 g/mol. The number of anilines is 2. The lowest BCUT2D eigenvalue weighted by Crippen LogP contribution is -2.29. The van der Waals surface area contributed by atoms with Crippen LogP contribution in [0.3, 0.4) is 0 Å². The molecule has 6 nitrogen and oxygen atoms in total. The molecule has 1 saturated heterocycles. The number of esters is 1. The summed E-state index contributed by atoms with van der Waals surface area (Å²) in [5, 5.41) is 0. The lowest BCUT2D eigenvalue weighted by Gasteiger charge is -2.28. The summed E-state index contributed by atoms with van der Waals surface area (Å²) in [7, 11) is -2.53. The van der Waals surface area contributed by atoms with Gasteiger partial charge in [0.25, 0.3) is 10.0 Å². The molecule has 1 heterocycles. The van der Waals surface area contributed by atoms with Crippen LogP contribution in [-0.4, -0.2) is 34.6 Å². The molecule has 0 amide bonds. The van der Waals surface area contributed by atoms with E-state index in [1.807, 2.05) is 12.1 Å². The van der Waals surface area contributed by atoms with Crippen molar-refractivity contribution < 1.29 is 17.9 Å². The van der Waals surface area contributed by atoms with Gasteiger partial charge in [-0.25, -0.2) is 13.2 Å². The minimum absolute atomic E-state index is 0.0219. The zero-order valence-corrected chi connectivity index (χ0v) is 16.4. The molecule has 3 rings (SSSR count). The summed E-state index contributed by atoms with van der Waals surface area (Å²) in [5.41, 5.74) is 2.48. The van der Waals surface area contributed by atoms with Crippen LogP contribution in [0.4, 0.5) is 11.4 Å². The number of carbonyl (C=O) groups is 1. The SMILES string of the molecule is COC(=O)c1cc(S(=O)(=O)Nc2ccc(N3CCCCC3)cc2)ccc1C. The molecule has 0 aliphatic carbocycles. The van der Waals surface area contributed by atoms with E-state index in [4.69, 9.17) is 4.74 Å². The van der Waals surface area contributed by atoms with Gasteiger partial charge in [0.15, 0.2) is 0 Å². The van der Waals surface area contributed by atoms with E-state index in [1.54, 1.807) is 25.1 Å². The van der Waals surface area contributed by atoms with Crippen molar-refractivity contribution in [2.75, 3.05) is 29.8 Å². The van der Waals surface area contributed by atoms with Gasteiger partial charge in [0.2, 0.25) is 0 Å².